The number of primary amides is 1. The van der Waals surface area contributed by atoms with Crippen LogP contribution >= 0.6 is 0 Å². The molecule has 4 N–H and O–H groups in total. The minimum absolute atomic E-state index is 0.114. The Bertz CT molecular complexity index is 1140. The third-order valence-electron chi connectivity index (χ3n) is 4.53. The average Bonchev–Trinajstić information content (AvgIpc) is 2.65. The highest BCUT2D eigenvalue weighted by Gasteiger charge is 2.41. The van der Waals surface area contributed by atoms with Crippen molar-refractivity contribution in [2.45, 2.75) is 11.0 Å². The number of hydrogen-bond donors (Lipinski definition) is 2. The summed E-state index contributed by atoms with van der Waals surface area (Å²) < 4.78 is 30.1. The van der Waals surface area contributed by atoms with E-state index in [2.05, 4.69) is 0 Å². The Morgan fingerprint density at radius 1 is 0.926 bits per heavy atom. The number of nitrogens with two attached hydrogens (primary N) is 2. The van der Waals surface area contributed by atoms with E-state index < -0.39 is 22.0 Å². The predicted molar refractivity (Wildman–Crippen MR) is 101 cm³/mol. The molecule has 0 fully saturated rings. The molecule has 0 saturated heterocycles. The number of benzene rings is 3. The van der Waals surface area contributed by atoms with Gasteiger partial charge < -0.3 is 10.5 Å². The van der Waals surface area contributed by atoms with Crippen LogP contribution < -0.4 is 15.6 Å². The minimum Gasteiger partial charge on any atom is -0.481 e. The van der Waals surface area contributed by atoms with E-state index >= 15 is 0 Å². The number of amides is 1. The zero-order valence-corrected chi connectivity index (χ0v) is 14.9. The average molecular weight is 380 g/mol. The van der Waals surface area contributed by atoms with Gasteiger partial charge in [0.1, 0.15) is 5.75 Å². The van der Waals surface area contributed by atoms with Gasteiger partial charge in [0.25, 0.3) is 0 Å². The van der Waals surface area contributed by atoms with E-state index in [1.807, 2.05) is 36.4 Å². The van der Waals surface area contributed by atoms with E-state index in [0.717, 1.165) is 11.1 Å². The molecule has 136 valence electrons. The number of ether oxygens (including phenoxy) is 1. The van der Waals surface area contributed by atoms with Crippen molar-refractivity contribution in [1.82, 2.24) is 0 Å². The van der Waals surface area contributed by atoms with Gasteiger partial charge in [-0.25, -0.2) is 13.6 Å². The fraction of sp³-hybridized carbons (Fsp3) is 0.0500. The van der Waals surface area contributed by atoms with Gasteiger partial charge in [-0.3, -0.25) is 4.79 Å². The number of carbonyl (C=O) groups excluding carboxylic acids is 1. The highest BCUT2D eigenvalue weighted by Crippen LogP contribution is 2.49. The van der Waals surface area contributed by atoms with Gasteiger partial charge >= 0.3 is 0 Å². The van der Waals surface area contributed by atoms with Crippen molar-refractivity contribution in [3.63, 3.8) is 0 Å². The standard InChI is InChI=1S/C20H16N2O4S/c21-20(23)13-6-8-14(9-7-13)26-18-16-11-10-15(12-4-2-1-3-5-12)17(18)19(16)27(22,24)25/h1-11,18H,(H2,21,23)(H2,22,24,25). The van der Waals surface area contributed by atoms with E-state index in [9.17, 15) is 13.2 Å². The fourth-order valence-electron chi connectivity index (χ4n) is 3.30. The van der Waals surface area contributed by atoms with Crippen molar-refractivity contribution in [1.29, 1.82) is 0 Å². The van der Waals surface area contributed by atoms with Crippen molar-refractivity contribution in [2.24, 2.45) is 10.9 Å². The first kappa shape index (κ1) is 17.3. The molecule has 6 nitrogen and oxygen atoms in total. The number of fused-ring (bicyclic) bond motifs is 2. The predicted octanol–water partition coefficient (Wildman–Crippen LogP) is 2.58. The molecule has 27 heavy (non-hydrogen) atoms. The van der Waals surface area contributed by atoms with Crippen molar-refractivity contribution in [3.8, 4) is 16.9 Å². The molecule has 2 bridgehead atoms. The summed E-state index contributed by atoms with van der Waals surface area (Å²) in [4.78, 5) is 11.3. The molecule has 0 aromatic heterocycles. The fourth-order valence-corrected chi connectivity index (χ4v) is 4.33. The van der Waals surface area contributed by atoms with Gasteiger partial charge in [0.15, 0.2) is 6.10 Å². The van der Waals surface area contributed by atoms with Crippen molar-refractivity contribution >= 4 is 15.9 Å². The van der Waals surface area contributed by atoms with Crippen LogP contribution in [0.2, 0.25) is 0 Å². The van der Waals surface area contributed by atoms with Gasteiger partial charge in [-0.15, -0.1) is 0 Å². The lowest BCUT2D eigenvalue weighted by Gasteiger charge is -2.34. The van der Waals surface area contributed by atoms with Gasteiger partial charge in [0, 0.05) is 16.7 Å². The van der Waals surface area contributed by atoms with E-state index in [4.69, 9.17) is 15.6 Å². The lowest BCUT2D eigenvalue weighted by Crippen LogP contribution is -2.30. The molecular formula is C20H16N2O4S. The maximum atomic E-state index is 12.1. The van der Waals surface area contributed by atoms with E-state index in [0.29, 0.717) is 22.4 Å². The minimum atomic E-state index is -3.88. The first-order chi connectivity index (χ1) is 12.9. The van der Waals surface area contributed by atoms with Crippen LogP contribution in [0.1, 0.15) is 27.6 Å². The molecule has 0 aliphatic heterocycles. The number of carbonyl (C=O) groups is 1. The summed E-state index contributed by atoms with van der Waals surface area (Å²) in [5.74, 6) is -0.0329. The third kappa shape index (κ3) is 2.97. The second-order valence-electron chi connectivity index (χ2n) is 6.24. The zero-order valence-electron chi connectivity index (χ0n) is 14.1. The first-order valence-electron chi connectivity index (χ1n) is 8.18. The van der Waals surface area contributed by atoms with Crippen LogP contribution in [0.15, 0.2) is 71.6 Å². The summed E-state index contributed by atoms with van der Waals surface area (Å²) in [5.41, 5.74) is 8.30. The maximum Gasteiger partial charge on any atom is 0.248 e. The Labute approximate surface area is 156 Å². The largest absolute Gasteiger partial charge is 0.481 e. The Balaban J connectivity index is 1.75. The molecule has 1 unspecified atom stereocenters. The number of primary sulfonamides is 1. The van der Waals surface area contributed by atoms with Crippen LogP contribution in [-0.2, 0) is 10.0 Å². The van der Waals surface area contributed by atoms with Crippen LogP contribution in [0.5, 0.6) is 5.75 Å². The van der Waals surface area contributed by atoms with Crippen LogP contribution in [0.3, 0.4) is 0 Å². The quantitative estimate of drug-likeness (QED) is 0.708. The highest BCUT2D eigenvalue weighted by molar-refractivity contribution is 7.89. The Morgan fingerprint density at radius 2 is 1.59 bits per heavy atom. The molecule has 0 saturated carbocycles. The molecule has 2 aliphatic rings. The summed E-state index contributed by atoms with van der Waals surface area (Å²) in [7, 11) is -3.88. The van der Waals surface area contributed by atoms with Crippen LogP contribution in [0.25, 0.3) is 11.1 Å². The summed E-state index contributed by atoms with van der Waals surface area (Å²) >= 11 is 0. The smallest absolute Gasteiger partial charge is 0.248 e. The Kier molecular flexibility index (Phi) is 3.98. The first-order valence-corrected chi connectivity index (χ1v) is 9.72. The number of sulfonamides is 1. The molecular weight excluding hydrogens is 364 g/mol. The SMILES string of the molecule is NC(=O)c1ccc(OC2C3=C(S(N)(=O)=O)C2=C(c2ccccc2)C=C3)cc1. The van der Waals surface area contributed by atoms with Gasteiger partial charge in [-0.05, 0) is 35.4 Å². The second kappa shape index (κ2) is 6.22. The lowest BCUT2D eigenvalue weighted by molar-refractivity contribution is 0.1000. The second-order valence-corrected chi connectivity index (χ2v) is 7.74. The van der Waals surface area contributed by atoms with E-state index in [1.165, 1.54) is 0 Å². The molecule has 1 atom stereocenters. The Hall–Kier alpha value is -3.16. The van der Waals surface area contributed by atoms with E-state index in [-0.39, 0.29) is 4.90 Å². The normalized spacial score (nSPS) is 15.1. The van der Waals surface area contributed by atoms with Crippen LogP contribution in [-0.4, -0.2) is 14.3 Å². The summed E-state index contributed by atoms with van der Waals surface area (Å²) in [5, 5.41) is 5.42. The zero-order chi connectivity index (χ0) is 19.2. The molecule has 3 aromatic carbocycles. The van der Waals surface area contributed by atoms with Crippen molar-refractivity contribution in [3.05, 3.63) is 83.4 Å². The third-order valence-corrected chi connectivity index (χ3v) is 5.56. The van der Waals surface area contributed by atoms with Crippen LogP contribution in [0.4, 0.5) is 0 Å². The molecule has 0 radical (unpaired) electrons. The van der Waals surface area contributed by atoms with E-state index in [1.54, 1.807) is 30.3 Å². The van der Waals surface area contributed by atoms with Gasteiger partial charge in [0.05, 0.1) is 4.90 Å². The summed E-state index contributed by atoms with van der Waals surface area (Å²) in [6.45, 7) is 0. The summed E-state index contributed by atoms with van der Waals surface area (Å²) in [6, 6.07) is 19.4. The molecule has 0 heterocycles. The molecule has 1 amide bonds. The molecule has 2 aliphatic carbocycles. The molecule has 3 aromatic rings. The molecule has 7 heteroatoms. The topological polar surface area (TPSA) is 112 Å². The van der Waals surface area contributed by atoms with Gasteiger partial charge in [0.2, 0.25) is 15.9 Å². The van der Waals surface area contributed by atoms with Gasteiger partial charge in [-0.1, -0.05) is 42.5 Å². The van der Waals surface area contributed by atoms with Crippen molar-refractivity contribution in [2.75, 3.05) is 0 Å². The Morgan fingerprint density at radius 3 is 2.19 bits per heavy atom. The molecule has 5 rings (SSSR count). The van der Waals surface area contributed by atoms with Gasteiger partial charge in [-0.2, -0.15) is 0 Å². The lowest BCUT2D eigenvalue weighted by atomic mass is 9.82. The maximum absolute atomic E-state index is 12.1. The van der Waals surface area contributed by atoms with Crippen LogP contribution in [0, 0.1) is 0 Å². The summed E-state index contributed by atoms with van der Waals surface area (Å²) in [6.07, 6.45) is -0.544. The molecule has 0 spiro atoms. The van der Waals surface area contributed by atoms with Crippen molar-refractivity contribution < 1.29 is 17.9 Å². The monoisotopic (exact) mass is 380 g/mol. The number of rotatable bonds is 5. The number of hydrogen-bond acceptors (Lipinski definition) is 4. The highest BCUT2D eigenvalue weighted by atomic mass is 32.2.